The number of halogens is 3. The predicted molar refractivity (Wildman–Crippen MR) is 140 cm³/mol. The van der Waals surface area contributed by atoms with Gasteiger partial charge in [-0.1, -0.05) is 24.3 Å². The average molecular weight is 563 g/mol. The Morgan fingerprint density at radius 3 is 2.10 bits per heavy atom. The van der Waals surface area contributed by atoms with Crippen LogP contribution < -0.4 is 5.32 Å². The molecule has 0 aliphatic carbocycles. The van der Waals surface area contributed by atoms with Crippen LogP contribution in [0.5, 0.6) is 0 Å². The number of hydrogen-bond acceptors (Lipinski definition) is 4. The molecule has 8 nitrogen and oxygen atoms in total. The smallest absolute Gasteiger partial charge is 0.321 e. The standard InChI is InChI=1S/C30H25F3N4O4/c31-21-5-1-17(2-6-21)27(18-3-7-22(32)8-4-18)36-12-11-35(30(36)41)15-20-13-19-16-37(29(40)23(19)14-24(20)33)25-9-10-26(38)34-28(25)39/h1-8,13-14,25,27H,9-12,15-16H2,(H,34,38,39). The van der Waals surface area contributed by atoms with Gasteiger partial charge in [-0.25, -0.2) is 18.0 Å². The Bertz CT molecular complexity index is 1520. The van der Waals surface area contributed by atoms with Gasteiger partial charge < -0.3 is 14.7 Å². The zero-order valence-electron chi connectivity index (χ0n) is 21.8. The van der Waals surface area contributed by atoms with E-state index in [2.05, 4.69) is 5.32 Å². The van der Waals surface area contributed by atoms with E-state index in [0.29, 0.717) is 23.2 Å². The van der Waals surface area contributed by atoms with Crippen molar-refractivity contribution in [2.24, 2.45) is 0 Å². The van der Waals surface area contributed by atoms with Crippen molar-refractivity contribution in [1.82, 2.24) is 20.0 Å². The minimum absolute atomic E-state index is 0.0550. The fourth-order valence-corrected chi connectivity index (χ4v) is 5.80. The second-order valence-corrected chi connectivity index (χ2v) is 10.4. The monoisotopic (exact) mass is 562 g/mol. The molecule has 0 aromatic heterocycles. The lowest BCUT2D eigenvalue weighted by Crippen LogP contribution is -2.52. The first kappa shape index (κ1) is 26.5. The van der Waals surface area contributed by atoms with Crippen molar-refractivity contribution < 1.29 is 32.3 Å². The van der Waals surface area contributed by atoms with E-state index in [9.17, 15) is 28.0 Å². The third kappa shape index (κ3) is 4.92. The van der Waals surface area contributed by atoms with Crippen LogP contribution in [0, 0.1) is 17.5 Å². The van der Waals surface area contributed by atoms with E-state index in [1.165, 1.54) is 34.1 Å². The molecule has 3 aromatic rings. The lowest BCUT2D eigenvalue weighted by molar-refractivity contribution is -0.136. The summed E-state index contributed by atoms with van der Waals surface area (Å²) < 4.78 is 42.5. The Balaban J connectivity index is 1.23. The highest BCUT2D eigenvalue weighted by Crippen LogP contribution is 2.34. The van der Waals surface area contributed by atoms with Gasteiger partial charge >= 0.3 is 6.03 Å². The van der Waals surface area contributed by atoms with Gasteiger partial charge in [-0.2, -0.15) is 0 Å². The van der Waals surface area contributed by atoms with Crippen LogP contribution >= 0.6 is 0 Å². The molecule has 2 fully saturated rings. The second kappa shape index (κ2) is 10.4. The van der Waals surface area contributed by atoms with E-state index in [-0.39, 0.29) is 49.6 Å². The Labute approximate surface area is 233 Å². The summed E-state index contributed by atoms with van der Waals surface area (Å²) in [6, 6.07) is 12.4. The molecule has 41 heavy (non-hydrogen) atoms. The number of carbonyl (C=O) groups is 4. The SMILES string of the molecule is O=C1CCC(N2Cc3cc(CN4CCN(C(c5ccc(F)cc5)c5ccc(F)cc5)C4=O)c(F)cc3C2=O)C(=O)N1. The summed E-state index contributed by atoms with van der Waals surface area (Å²) in [5.41, 5.74) is 2.19. The van der Waals surface area contributed by atoms with Gasteiger partial charge in [-0.05, 0) is 59.5 Å². The largest absolute Gasteiger partial charge is 0.322 e. The number of urea groups is 1. The van der Waals surface area contributed by atoms with Crippen molar-refractivity contribution in [3.8, 4) is 0 Å². The molecule has 2 saturated heterocycles. The Kier molecular flexibility index (Phi) is 6.72. The minimum atomic E-state index is -0.817. The minimum Gasteiger partial charge on any atom is -0.322 e. The summed E-state index contributed by atoms with van der Waals surface area (Å²) in [5, 5.41) is 2.24. The summed E-state index contributed by atoms with van der Waals surface area (Å²) >= 11 is 0. The number of hydrogen-bond donors (Lipinski definition) is 1. The highest BCUT2D eigenvalue weighted by Gasteiger charge is 2.40. The lowest BCUT2D eigenvalue weighted by atomic mass is 9.97. The molecule has 0 spiro atoms. The first-order valence-electron chi connectivity index (χ1n) is 13.2. The molecule has 0 radical (unpaired) electrons. The van der Waals surface area contributed by atoms with E-state index >= 15 is 4.39 Å². The van der Waals surface area contributed by atoms with E-state index < -0.39 is 47.3 Å². The fraction of sp³-hybridized carbons (Fsp3) is 0.267. The van der Waals surface area contributed by atoms with Gasteiger partial charge in [0.15, 0.2) is 0 Å². The molecule has 3 aromatic carbocycles. The van der Waals surface area contributed by atoms with Crippen LogP contribution in [0.15, 0.2) is 60.7 Å². The molecule has 1 N–H and O–H groups in total. The highest BCUT2D eigenvalue weighted by molar-refractivity contribution is 6.05. The molecule has 5 amide bonds. The quantitative estimate of drug-likeness (QED) is 0.462. The number of nitrogens with zero attached hydrogens (tertiary/aromatic N) is 3. The summed E-state index contributed by atoms with van der Waals surface area (Å²) in [7, 11) is 0. The number of carbonyl (C=O) groups excluding carboxylic acids is 4. The van der Waals surface area contributed by atoms with Gasteiger partial charge in [0.2, 0.25) is 11.8 Å². The maximum absolute atomic E-state index is 15.2. The zero-order chi connectivity index (χ0) is 28.8. The third-order valence-corrected chi connectivity index (χ3v) is 7.86. The average Bonchev–Trinajstić information content (AvgIpc) is 3.45. The number of benzene rings is 3. The maximum atomic E-state index is 15.2. The molecule has 0 bridgehead atoms. The zero-order valence-corrected chi connectivity index (χ0v) is 21.8. The van der Waals surface area contributed by atoms with Crippen LogP contribution in [0.25, 0.3) is 0 Å². The first-order chi connectivity index (χ1) is 19.7. The van der Waals surface area contributed by atoms with Gasteiger partial charge in [0.25, 0.3) is 5.91 Å². The second-order valence-electron chi connectivity index (χ2n) is 10.4. The molecule has 3 aliphatic rings. The molecule has 210 valence electrons. The molecular formula is C30H25F3N4O4. The molecule has 1 unspecified atom stereocenters. The predicted octanol–water partition coefficient (Wildman–Crippen LogP) is 3.89. The topological polar surface area (TPSA) is 90.0 Å². The summed E-state index contributed by atoms with van der Waals surface area (Å²) in [6.45, 7) is 0.619. The molecular weight excluding hydrogens is 537 g/mol. The number of fused-ring (bicyclic) bond motifs is 1. The van der Waals surface area contributed by atoms with Gasteiger partial charge in [0, 0.05) is 37.2 Å². The van der Waals surface area contributed by atoms with Gasteiger partial charge in [0.1, 0.15) is 23.5 Å². The van der Waals surface area contributed by atoms with Crippen LogP contribution in [0.2, 0.25) is 0 Å². The Hall–Kier alpha value is -4.67. The van der Waals surface area contributed by atoms with Gasteiger partial charge in [0.05, 0.1) is 12.6 Å². The van der Waals surface area contributed by atoms with Crippen molar-refractivity contribution in [3.63, 3.8) is 0 Å². The molecule has 1 atom stereocenters. The summed E-state index contributed by atoms with van der Waals surface area (Å²) in [5.74, 6) is -2.94. The summed E-state index contributed by atoms with van der Waals surface area (Å²) in [4.78, 5) is 54.8. The normalized spacial score (nSPS) is 18.9. The van der Waals surface area contributed by atoms with Crippen molar-refractivity contribution in [2.45, 2.75) is 38.0 Å². The first-order valence-corrected chi connectivity index (χ1v) is 13.2. The number of nitrogens with one attached hydrogen (secondary N) is 1. The fourth-order valence-electron chi connectivity index (χ4n) is 5.80. The molecule has 3 aliphatic heterocycles. The number of imide groups is 1. The van der Waals surface area contributed by atoms with Crippen molar-refractivity contribution >= 4 is 23.8 Å². The van der Waals surface area contributed by atoms with Crippen LogP contribution in [0.3, 0.4) is 0 Å². The summed E-state index contributed by atoms with van der Waals surface area (Å²) in [6.07, 6.45) is 0.307. The molecule has 0 saturated carbocycles. The van der Waals surface area contributed by atoms with Crippen molar-refractivity contribution in [2.75, 3.05) is 13.1 Å². The van der Waals surface area contributed by atoms with E-state index in [1.54, 1.807) is 35.2 Å². The number of amides is 5. The Morgan fingerprint density at radius 1 is 0.854 bits per heavy atom. The maximum Gasteiger partial charge on any atom is 0.321 e. The third-order valence-electron chi connectivity index (χ3n) is 7.86. The number of piperidine rings is 1. The number of rotatable bonds is 6. The van der Waals surface area contributed by atoms with Gasteiger partial charge in [-0.3, -0.25) is 19.7 Å². The highest BCUT2D eigenvalue weighted by atomic mass is 19.1. The Morgan fingerprint density at radius 2 is 1.49 bits per heavy atom. The lowest BCUT2D eigenvalue weighted by Gasteiger charge is -2.29. The van der Waals surface area contributed by atoms with Crippen LogP contribution in [0.1, 0.15) is 51.5 Å². The van der Waals surface area contributed by atoms with E-state index in [1.807, 2.05) is 0 Å². The van der Waals surface area contributed by atoms with Crippen molar-refractivity contribution in [1.29, 1.82) is 0 Å². The van der Waals surface area contributed by atoms with E-state index in [4.69, 9.17) is 0 Å². The molecule has 11 heteroatoms. The molecule has 3 heterocycles. The van der Waals surface area contributed by atoms with Crippen LogP contribution in [-0.2, 0) is 22.7 Å². The molecule has 6 rings (SSSR count). The van der Waals surface area contributed by atoms with Crippen molar-refractivity contribution in [3.05, 3.63) is 106 Å². The van der Waals surface area contributed by atoms with Gasteiger partial charge in [-0.15, -0.1) is 0 Å². The van der Waals surface area contributed by atoms with Crippen LogP contribution in [-0.4, -0.2) is 57.6 Å². The van der Waals surface area contributed by atoms with E-state index in [0.717, 1.165) is 6.07 Å². The van der Waals surface area contributed by atoms with Crippen LogP contribution in [0.4, 0.5) is 18.0 Å².